The van der Waals surface area contributed by atoms with Crippen LogP contribution in [0.1, 0.15) is 15.9 Å². The van der Waals surface area contributed by atoms with Crippen LogP contribution in [0.15, 0.2) is 76.1 Å². The summed E-state index contributed by atoms with van der Waals surface area (Å²) in [5, 5.41) is 2.64. The van der Waals surface area contributed by atoms with Crippen molar-refractivity contribution in [3.8, 4) is 0 Å². The standard InChI is InChI=1S/C20H16BrFN2O3S/c1-13-2-9-17(10-3-13)28(26,27)24-16-7-5-15(6-8-16)23-20(25)18-12-14(22)4-11-19(18)21/h2-12,24H,1H3,(H,23,25). The van der Waals surface area contributed by atoms with Crippen molar-refractivity contribution in [1.82, 2.24) is 0 Å². The van der Waals surface area contributed by atoms with Crippen molar-refractivity contribution < 1.29 is 17.6 Å². The van der Waals surface area contributed by atoms with Gasteiger partial charge in [-0.3, -0.25) is 9.52 Å². The lowest BCUT2D eigenvalue weighted by Crippen LogP contribution is -2.14. The number of hydrogen-bond donors (Lipinski definition) is 2. The first kappa shape index (κ1) is 20.0. The van der Waals surface area contributed by atoms with E-state index in [4.69, 9.17) is 0 Å². The predicted molar refractivity (Wildman–Crippen MR) is 110 cm³/mol. The van der Waals surface area contributed by atoms with Gasteiger partial charge in [-0.15, -0.1) is 0 Å². The number of hydrogen-bond acceptors (Lipinski definition) is 3. The number of anilines is 2. The predicted octanol–water partition coefficient (Wildman–Crippen LogP) is 4.95. The normalized spacial score (nSPS) is 11.1. The zero-order valence-electron chi connectivity index (χ0n) is 14.7. The molecule has 0 saturated carbocycles. The number of amides is 1. The molecule has 0 aliphatic heterocycles. The largest absolute Gasteiger partial charge is 0.322 e. The third-order valence-corrected chi connectivity index (χ3v) is 5.99. The van der Waals surface area contributed by atoms with Crippen molar-refractivity contribution in [2.24, 2.45) is 0 Å². The minimum Gasteiger partial charge on any atom is -0.322 e. The quantitative estimate of drug-likeness (QED) is 0.563. The molecular weight excluding hydrogens is 447 g/mol. The molecule has 0 atom stereocenters. The molecule has 8 heteroatoms. The summed E-state index contributed by atoms with van der Waals surface area (Å²) in [5.41, 5.74) is 1.91. The zero-order chi connectivity index (χ0) is 20.3. The van der Waals surface area contributed by atoms with E-state index in [1.54, 1.807) is 24.3 Å². The summed E-state index contributed by atoms with van der Waals surface area (Å²) in [6.45, 7) is 1.87. The molecule has 0 bridgehead atoms. The lowest BCUT2D eigenvalue weighted by molar-refractivity contribution is 0.102. The lowest BCUT2D eigenvalue weighted by Gasteiger charge is -2.10. The highest BCUT2D eigenvalue weighted by atomic mass is 79.9. The molecule has 3 aromatic rings. The van der Waals surface area contributed by atoms with Crippen LogP contribution in [0, 0.1) is 12.7 Å². The van der Waals surface area contributed by atoms with E-state index in [0.717, 1.165) is 11.6 Å². The molecule has 0 aliphatic rings. The summed E-state index contributed by atoms with van der Waals surface area (Å²) in [7, 11) is -3.70. The zero-order valence-corrected chi connectivity index (χ0v) is 17.1. The fraction of sp³-hybridized carbons (Fsp3) is 0.0500. The fourth-order valence-corrected chi connectivity index (χ4v) is 3.91. The molecule has 0 aromatic heterocycles. The molecule has 144 valence electrons. The number of halogens is 2. The third-order valence-electron chi connectivity index (χ3n) is 3.90. The summed E-state index contributed by atoms with van der Waals surface area (Å²) in [5.74, 6) is -1.01. The minimum atomic E-state index is -3.70. The van der Waals surface area contributed by atoms with E-state index in [2.05, 4.69) is 26.0 Å². The molecule has 28 heavy (non-hydrogen) atoms. The van der Waals surface area contributed by atoms with Gasteiger partial charge in [-0.1, -0.05) is 17.7 Å². The van der Waals surface area contributed by atoms with Crippen molar-refractivity contribution >= 4 is 43.2 Å². The van der Waals surface area contributed by atoms with Gasteiger partial charge < -0.3 is 5.32 Å². The minimum absolute atomic E-state index is 0.157. The lowest BCUT2D eigenvalue weighted by atomic mass is 10.2. The molecular formula is C20H16BrFN2O3S. The van der Waals surface area contributed by atoms with Crippen molar-refractivity contribution in [3.05, 3.63) is 88.1 Å². The Bertz CT molecular complexity index is 1120. The van der Waals surface area contributed by atoms with E-state index < -0.39 is 21.7 Å². The Morgan fingerprint density at radius 1 is 0.929 bits per heavy atom. The van der Waals surface area contributed by atoms with Crippen LogP contribution < -0.4 is 10.0 Å². The van der Waals surface area contributed by atoms with Gasteiger partial charge in [-0.05, 0) is 77.5 Å². The van der Waals surface area contributed by atoms with Crippen LogP contribution in [-0.4, -0.2) is 14.3 Å². The summed E-state index contributed by atoms with van der Waals surface area (Å²) >= 11 is 3.21. The first-order valence-corrected chi connectivity index (χ1v) is 10.5. The molecule has 3 rings (SSSR count). The smallest absolute Gasteiger partial charge is 0.261 e. The molecule has 0 saturated heterocycles. The number of nitrogens with one attached hydrogen (secondary N) is 2. The van der Waals surface area contributed by atoms with Crippen molar-refractivity contribution in [3.63, 3.8) is 0 Å². The Labute approximate surface area is 170 Å². The topological polar surface area (TPSA) is 75.3 Å². The Balaban J connectivity index is 1.72. The first-order chi connectivity index (χ1) is 13.2. The van der Waals surface area contributed by atoms with Crippen LogP contribution in [-0.2, 0) is 10.0 Å². The maximum absolute atomic E-state index is 13.4. The number of sulfonamides is 1. The maximum Gasteiger partial charge on any atom is 0.261 e. The van der Waals surface area contributed by atoms with Gasteiger partial charge in [0.25, 0.3) is 15.9 Å². The van der Waals surface area contributed by atoms with Gasteiger partial charge in [-0.2, -0.15) is 0 Å². The van der Waals surface area contributed by atoms with E-state index >= 15 is 0 Å². The number of carbonyl (C=O) groups is 1. The fourth-order valence-electron chi connectivity index (χ4n) is 2.42. The van der Waals surface area contributed by atoms with E-state index in [-0.39, 0.29) is 10.5 Å². The summed E-state index contributed by atoms with van der Waals surface area (Å²) in [6, 6.07) is 16.5. The summed E-state index contributed by atoms with van der Waals surface area (Å²) in [6.07, 6.45) is 0. The van der Waals surface area contributed by atoms with E-state index in [1.165, 1.54) is 36.4 Å². The molecule has 0 unspecified atom stereocenters. The van der Waals surface area contributed by atoms with Crippen molar-refractivity contribution in [1.29, 1.82) is 0 Å². The molecule has 2 N–H and O–H groups in total. The van der Waals surface area contributed by atoms with Crippen LogP contribution in [0.25, 0.3) is 0 Å². The summed E-state index contributed by atoms with van der Waals surface area (Å²) < 4.78 is 41.1. The van der Waals surface area contributed by atoms with Crippen molar-refractivity contribution in [2.45, 2.75) is 11.8 Å². The van der Waals surface area contributed by atoms with Crippen molar-refractivity contribution in [2.75, 3.05) is 10.0 Å². The van der Waals surface area contributed by atoms with Gasteiger partial charge in [0.15, 0.2) is 0 Å². The molecule has 1 amide bonds. The van der Waals surface area contributed by atoms with Gasteiger partial charge in [0.1, 0.15) is 5.82 Å². The van der Waals surface area contributed by atoms with Gasteiger partial charge in [-0.25, -0.2) is 12.8 Å². The van der Waals surface area contributed by atoms with Gasteiger partial charge in [0.2, 0.25) is 0 Å². The average Bonchev–Trinajstić information content (AvgIpc) is 2.65. The first-order valence-electron chi connectivity index (χ1n) is 8.20. The monoisotopic (exact) mass is 462 g/mol. The highest BCUT2D eigenvalue weighted by Gasteiger charge is 2.15. The van der Waals surface area contributed by atoms with Gasteiger partial charge in [0.05, 0.1) is 10.5 Å². The van der Waals surface area contributed by atoms with Gasteiger partial charge in [0, 0.05) is 15.8 Å². The maximum atomic E-state index is 13.4. The number of benzene rings is 3. The highest BCUT2D eigenvalue weighted by molar-refractivity contribution is 9.10. The highest BCUT2D eigenvalue weighted by Crippen LogP contribution is 2.22. The number of carbonyl (C=O) groups excluding carboxylic acids is 1. The number of rotatable bonds is 5. The molecule has 0 heterocycles. The second-order valence-electron chi connectivity index (χ2n) is 6.07. The van der Waals surface area contributed by atoms with Crippen LogP contribution in [0.3, 0.4) is 0 Å². The Kier molecular flexibility index (Phi) is 5.81. The summed E-state index contributed by atoms with van der Waals surface area (Å²) in [4.78, 5) is 12.5. The van der Waals surface area contributed by atoms with Crippen LogP contribution in [0.4, 0.5) is 15.8 Å². The second kappa shape index (κ2) is 8.12. The van der Waals surface area contributed by atoms with E-state index in [1.807, 2.05) is 6.92 Å². The Morgan fingerprint density at radius 2 is 1.54 bits per heavy atom. The molecule has 0 spiro atoms. The Morgan fingerprint density at radius 3 is 2.18 bits per heavy atom. The van der Waals surface area contributed by atoms with Crippen LogP contribution in [0.5, 0.6) is 0 Å². The Hall–Kier alpha value is -2.71. The van der Waals surface area contributed by atoms with Gasteiger partial charge >= 0.3 is 0 Å². The average molecular weight is 463 g/mol. The molecule has 5 nitrogen and oxygen atoms in total. The van der Waals surface area contributed by atoms with Crippen LogP contribution in [0.2, 0.25) is 0 Å². The van der Waals surface area contributed by atoms with E-state index in [9.17, 15) is 17.6 Å². The molecule has 0 aliphatic carbocycles. The molecule has 3 aromatic carbocycles. The number of aryl methyl sites for hydroxylation is 1. The van der Waals surface area contributed by atoms with Crippen LogP contribution >= 0.6 is 15.9 Å². The SMILES string of the molecule is Cc1ccc(S(=O)(=O)Nc2ccc(NC(=O)c3cc(F)ccc3Br)cc2)cc1. The van der Waals surface area contributed by atoms with E-state index in [0.29, 0.717) is 15.8 Å². The second-order valence-corrected chi connectivity index (χ2v) is 8.61. The molecule has 0 radical (unpaired) electrons. The third kappa shape index (κ3) is 4.76. The molecule has 0 fully saturated rings.